The van der Waals surface area contributed by atoms with Crippen LogP contribution in [0.1, 0.15) is 17.0 Å². The molecular weight excluding hydrogens is 293 g/mol. The van der Waals surface area contributed by atoms with Crippen molar-refractivity contribution >= 4 is 39.3 Å². The van der Waals surface area contributed by atoms with Gasteiger partial charge in [0.15, 0.2) is 0 Å². The first-order valence-electron chi connectivity index (χ1n) is 4.75. The lowest BCUT2D eigenvalue weighted by Gasteiger charge is -2.12. The van der Waals surface area contributed by atoms with Crippen LogP contribution in [0.4, 0.5) is 0 Å². The number of hydrogen-bond acceptors (Lipinski definition) is 2. The summed E-state index contributed by atoms with van der Waals surface area (Å²) >= 11 is 9.29. The van der Waals surface area contributed by atoms with Crippen LogP contribution in [-0.4, -0.2) is 17.2 Å². The Labute approximate surface area is 106 Å². The molecule has 84 valence electrons. The van der Waals surface area contributed by atoms with E-state index in [1.807, 2.05) is 25.1 Å². The van der Waals surface area contributed by atoms with Gasteiger partial charge in [0.2, 0.25) is 11.8 Å². The van der Waals surface area contributed by atoms with Gasteiger partial charge in [-0.3, -0.25) is 14.9 Å². The van der Waals surface area contributed by atoms with Crippen LogP contribution in [0.5, 0.6) is 0 Å². The van der Waals surface area contributed by atoms with Crippen LogP contribution < -0.4 is 5.32 Å². The van der Waals surface area contributed by atoms with E-state index in [1.54, 1.807) is 0 Å². The molecule has 1 N–H and O–H groups in total. The van der Waals surface area contributed by atoms with Crippen molar-refractivity contribution < 1.29 is 9.59 Å². The molecule has 2 amide bonds. The Bertz CT molecular complexity index is 475. The van der Waals surface area contributed by atoms with Crippen molar-refractivity contribution in [3.05, 3.63) is 33.8 Å². The summed E-state index contributed by atoms with van der Waals surface area (Å²) in [6.45, 7) is 1.92. The summed E-state index contributed by atoms with van der Waals surface area (Å²) in [7, 11) is 0. The van der Waals surface area contributed by atoms with Gasteiger partial charge in [-0.15, -0.1) is 11.6 Å². The molecule has 1 aliphatic rings. The Balaban J connectivity index is 2.48. The zero-order chi connectivity index (χ0) is 11.9. The lowest BCUT2D eigenvalue weighted by Crippen LogP contribution is -2.22. The normalized spacial score (nSPS) is 24.7. The molecule has 0 aromatic heterocycles. The fraction of sp³-hybridized carbons (Fsp3) is 0.273. The number of carbonyl (C=O) groups excluding carboxylic acids is 2. The predicted molar refractivity (Wildman–Crippen MR) is 64.4 cm³/mol. The number of rotatable bonds is 1. The average Bonchev–Trinajstić information content (AvgIpc) is 2.46. The van der Waals surface area contributed by atoms with Gasteiger partial charge in [0.05, 0.1) is 5.92 Å². The maximum Gasteiger partial charge on any atom is 0.245 e. The van der Waals surface area contributed by atoms with Gasteiger partial charge >= 0.3 is 0 Å². The first kappa shape index (κ1) is 11.6. The third kappa shape index (κ3) is 1.87. The van der Waals surface area contributed by atoms with Gasteiger partial charge in [0, 0.05) is 4.47 Å². The maximum absolute atomic E-state index is 11.6. The first-order chi connectivity index (χ1) is 7.50. The van der Waals surface area contributed by atoms with E-state index in [2.05, 4.69) is 21.2 Å². The summed E-state index contributed by atoms with van der Waals surface area (Å²) in [5.74, 6) is -1.37. The average molecular weight is 303 g/mol. The van der Waals surface area contributed by atoms with Gasteiger partial charge in [0.25, 0.3) is 0 Å². The minimum atomic E-state index is -0.828. The highest BCUT2D eigenvalue weighted by Gasteiger charge is 2.42. The smallest absolute Gasteiger partial charge is 0.245 e. The van der Waals surface area contributed by atoms with Crippen molar-refractivity contribution in [1.29, 1.82) is 0 Å². The van der Waals surface area contributed by atoms with Crippen LogP contribution in [0, 0.1) is 6.92 Å². The van der Waals surface area contributed by atoms with Crippen LogP contribution in [0.25, 0.3) is 0 Å². The molecule has 2 unspecified atom stereocenters. The molecule has 5 heteroatoms. The Morgan fingerprint density at radius 3 is 2.56 bits per heavy atom. The Hall–Kier alpha value is -0.870. The molecule has 0 spiro atoms. The summed E-state index contributed by atoms with van der Waals surface area (Å²) in [4.78, 5) is 22.9. The van der Waals surface area contributed by atoms with E-state index >= 15 is 0 Å². The van der Waals surface area contributed by atoms with Crippen LogP contribution in [0.15, 0.2) is 22.7 Å². The van der Waals surface area contributed by atoms with Crippen LogP contribution >= 0.6 is 27.5 Å². The number of carbonyl (C=O) groups is 2. The molecule has 3 nitrogen and oxygen atoms in total. The van der Waals surface area contributed by atoms with Gasteiger partial charge in [-0.25, -0.2) is 0 Å². The highest BCUT2D eigenvalue weighted by atomic mass is 79.9. The topological polar surface area (TPSA) is 46.2 Å². The van der Waals surface area contributed by atoms with Gasteiger partial charge in [0.1, 0.15) is 5.38 Å². The van der Waals surface area contributed by atoms with E-state index in [9.17, 15) is 9.59 Å². The molecule has 1 fully saturated rings. The molecule has 0 aliphatic carbocycles. The molecular formula is C11H9BrClNO2. The van der Waals surface area contributed by atoms with E-state index in [4.69, 9.17) is 11.6 Å². The van der Waals surface area contributed by atoms with E-state index in [0.29, 0.717) is 0 Å². The number of imide groups is 1. The molecule has 1 heterocycles. The van der Waals surface area contributed by atoms with E-state index < -0.39 is 17.2 Å². The first-order valence-corrected chi connectivity index (χ1v) is 5.98. The van der Waals surface area contributed by atoms with E-state index in [-0.39, 0.29) is 5.91 Å². The maximum atomic E-state index is 11.6. The van der Waals surface area contributed by atoms with Gasteiger partial charge < -0.3 is 0 Å². The molecule has 2 rings (SSSR count). The second-order valence-electron chi connectivity index (χ2n) is 3.76. The summed E-state index contributed by atoms with van der Waals surface area (Å²) < 4.78 is 0.790. The fourth-order valence-corrected chi connectivity index (χ4v) is 2.55. The molecule has 16 heavy (non-hydrogen) atoms. The Kier molecular flexibility index (Phi) is 3.04. The zero-order valence-corrected chi connectivity index (χ0v) is 10.8. The quantitative estimate of drug-likeness (QED) is 0.638. The molecule has 1 saturated heterocycles. The monoisotopic (exact) mass is 301 g/mol. The van der Waals surface area contributed by atoms with Gasteiger partial charge in [-0.2, -0.15) is 0 Å². The molecule has 1 aromatic rings. The minimum absolute atomic E-state index is 0.337. The lowest BCUT2D eigenvalue weighted by atomic mass is 9.96. The van der Waals surface area contributed by atoms with E-state index in [0.717, 1.165) is 15.6 Å². The summed E-state index contributed by atoms with van der Waals surface area (Å²) in [5.41, 5.74) is 1.78. The molecule has 0 radical (unpaired) electrons. The second-order valence-corrected chi connectivity index (χ2v) is 5.08. The molecule has 1 aromatic carbocycles. The molecule has 2 atom stereocenters. The van der Waals surface area contributed by atoms with E-state index in [1.165, 1.54) is 0 Å². The van der Waals surface area contributed by atoms with Crippen LogP contribution in [0.3, 0.4) is 0 Å². The number of aryl methyl sites for hydroxylation is 1. The largest absolute Gasteiger partial charge is 0.295 e. The summed E-state index contributed by atoms with van der Waals surface area (Å²) in [6, 6.07) is 5.64. The molecule has 0 bridgehead atoms. The van der Waals surface area contributed by atoms with Crippen molar-refractivity contribution in [2.45, 2.75) is 18.2 Å². The number of nitrogens with one attached hydrogen (secondary N) is 1. The third-order valence-corrected chi connectivity index (χ3v) is 3.73. The fourth-order valence-electron chi connectivity index (χ4n) is 1.75. The number of amides is 2. The number of alkyl halides is 1. The summed E-state index contributed by atoms with van der Waals surface area (Å²) in [6.07, 6.45) is 0. The highest BCUT2D eigenvalue weighted by molar-refractivity contribution is 9.10. The molecule has 0 saturated carbocycles. The number of halogens is 2. The van der Waals surface area contributed by atoms with Crippen molar-refractivity contribution in [1.82, 2.24) is 5.32 Å². The minimum Gasteiger partial charge on any atom is -0.295 e. The van der Waals surface area contributed by atoms with Gasteiger partial charge in [-0.1, -0.05) is 33.6 Å². The Morgan fingerprint density at radius 1 is 1.31 bits per heavy atom. The predicted octanol–water partition coefficient (Wildman–Crippen LogP) is 2.10. The number of benzene rings is 1. The SMILES string of the molecule is Cc1ccc(Br)c(C2C(=O)NC(=O)C2Cl)c1. The molecule has 1 aliphatic heterocycles. The van der Waals surface area contributed by atoms with Crippen molar-refractivity contribution in [3.8, 4) is 0 Å². The van der Waals surface area contributed by atoms with Crippen LogP contribution in [0.2, 0.25) is 0 Å². The lowest BCUT2D eigenvalue weighted by molar-refractivity contribution is -0.125. The Morgan fingerprint density at radius 2 is 2.00 bits per heavy atom. The van der Waals surface area contributed by atoms with Crippen molar-refractivity contribution in [3.63, 3.8) is 0 Å². The van der Waals surface area contributed by atoms with Crippen molar-refractivity contribution in [2.24, 2.45) is 0 Å². The summed E-state index contributed by atoms with van der Waals surface area (Å²) in [5, 5.41) is 1.40. The zero-order valence-electron chi connectivity index (χ0n) is 8.46. The van der Waals surface area contributed by atoms with Gasteiger partial charge in [-0.05, 0) is 18.6 Å². The highest BCUT2D eigenvalue weighted by Crippen LogP contribution is 2.34. The third-order valence-electron chi connectivity index (χ3n) is 2.56. The van der Waals surface area contributed by atoms with Crippen LogP contribution in [-0.2, 0) is 9.59 Å². The number of hydrogen-bond donors (Lipinski definition) is 1. The standard InChI is InChI=1S/C11H9BrClNO2/c1-5-2-3-7(12)6(4-5)8-9(13)11(16)14-10(8)15/h2-4,8-9H,1H3,(H,14,15,16). The van der Waals surface area contributed by atoms with Crippen molar-refractivity contribution in [2.75, 3.05) is 0 Å². The second kappa shape index (κ2) is 4.18.